The summed E-state index contributed by atoms with van der Waals surface area (Å²) >= 11 is 4.23. The molecule has 1 unspecified atom stereocenters. The van der Waals surface area contributed by atoms with Gasteiger partial charge in [-0.2, -0.15) is 12.6 Å². The van der Waals surface area contributed by atoms with Crippen LogP contribution in [0, 0.1) is 5.92 Å². The first-order valence-corrected chi connectivity index (χ1v) is 5.79. The lowest BCUT2D eigenvalue weighted by Gasteiger charge is -2.32. The van der Waals surface area contributed by atoms with Gasteiger partial charge in [-0.1, -0.05) is 6.92 Å². The van der Waals surface area contributed by atoms with Gasteiger partial charge in [0.1, 0.15) is 10.5 Å². The van der Waals surface area contributed by atoms with E-state index in [1.807, 2.05) is 0 Å². The number of rotatable bonds is 7. The largest absolute Gasteiger partial charge is 0.422 e. The monoisotopic (exact) mass is 224 g/mol. The van der Waals surface area contributed by atoms with Crippen LogP contribution in [0.3, 0.4) is 0 Å². The molecule has 0 aliphatic rings. The first kappa shape index (κ1) is 13.4. The average molecular weight is 224 g/mol. The zero-order valence-corrected chi connectivity index (χ0v) is 11.8. The molecule has 0 spiro atoms. The van der Waals surface area contributed by atoms with Crippen LogP contribution in [0.15, 0.2) is 0 Å². The van der Waals surface area contributed by atoms with Crippen LogP contribution in [0.2, 0.25) is 0 Å². The van der Waals surface area contributed by atoms with Gasteiger partial charge >= 0.3 is 0 Å². The van der Waals surface area contributed by atoms with Gasteiger partial charge in [-0.3, -0.25) is 0 Å². The van der Waals surface area contributed by atoms with E-state index < -0.39 is 5.79 Å². The lowest BCUT2D eigenvalue weighted by molar-refractivity contribution is -0.230. The summed E-state index contributed by atoms with van der Waals surface area (Å²) < 4.78 is 15.9. The summed E-state index contributed by atoms with van der Waals surface area (Å²) in [7, 11) is 4.00. The molecule has 5 heteroatoms. The van der Waals surface area contributed by atoms with E-state index in [0.29, 0.717) is 23.0 Å². The smallest absolute Gasteiger partial charge is 0.190 e. The van der Waals surface area contributed by atoms with Crippen LogP contribution in [0.5, 0.6) is 0 Å². The normalized spacial score (nSPS) is 14.8. The highest BCUT2D eigenvalue weighted by Crippen LogP contribution is 2.22. The molecule has 1 atom stereocenters. The molecule has 0 saturated carbocycles. The number of hydrogen-bond acceptors (Lipinski definition) is 4. The number of methoxy groups -OCH3 is 2. The average Bonchev–Trinajstić information content (AvgIpc) is 2.17. The van der Waals surface area contributed by atoms with Gasteiger partial charge in [0.25, 0.3) is 0 Å². The van der Waals surface area contributed by atoms with E-state index >= 15 is 0 Å². The maximum Gasteiger partial charge on any atom is 0.190 e. The van der Waals surface area contributed by atoms with Crippen molar-refractivity contribution in [2.24, 2.45) is 5.92 Å². The second kappa shape index (κ2) is 6.84. The van der Waals surface area contributed by atoms with E-state index in [1.165, 1.54) is 0 Å². The van der Waals surface area contributed by atoms with Crippen molar-refractivity contribution >= 4 is 23.1 Å². The van der Waals surface area contributed by atoms with Crippen molar-refractivity contribution in [3.8, 4) is 0 Å². The van der Waals surface area contributed by atoms with Crippen molar-refractivity contribution in [3.63, 3.8) is 0 Å². The van der Waals surface area contributed by atoms with Gasteiger partial charge in [-0.15, -0.1) is 0 Å². The van der Waals surface area contributed by atoms with E-state index in [0.717, 1.165) is 12.2 Å². The maximum absolute atomic E-state index is 5.34. The second-order valence-electron chi connectivity index (χ2n) is 3.24. The molecule has 80 valence electrons. The Morgan fingerprint density at radius 1 is 1.38 bits per heavy atom. The lowest BCUT2D eigenvalue weighted by atomic mass is 10.0. The highest BCUT2D eigenvalue weighted by Gasteiger charge is 2.30. The van der Waals surface area contributed by atoms with Gasteiger partial charge in [-0.25, -0.2) is 0 Å². The van der Waals surface area contributed by atoms with Gasteiger partial charge in [0.15, 0.2) is 5.79 Å². The molecule has 0 N–H and O–H groups in total. The fourth-order valence-corrected chi connectivity index (χ4v) is 1.81. The van der Waals surface area contributed by atoms with Crippen molar-refractivity contribution in [3.05, 3.63) is 0 Å². The molecular weight excluding hydrogens is 204 g/mol. The van der Waals surface area contributed by atoms with Gasteiger partial charge in [0.05, 0.1) is 6.61 Å². The Hall–Kier alpha value is 0.447. The van der Waals surface area contributed by atoms with Crippen molar-refractivity contribution < 1.29 is 13.9 Å². The highest BCUT2D eigenvalue weighted by molar-refractivity contribution is 7.80. The minimum atomic E-state index is -0.579. The summed E-state index contributed by atoms with van der Waals surface area (Å²) in [4.78, 5) is 0. The SMILES string of the molecule is COC(CO[SiH3])(CC(C)CS)OC. The van der Waals surface area contributed by atoms with E-state index in [1.54, 1.807) is 14.2 Å². The molecule has 0 aliphatic carbocycles. The molecule has 0 amide bonds. The zero-order valence-electron chi connectivity index (χ0n) is 8.87. The maximum atomic E-state index is 5.34. The molecule has 0 bridgehead atoms. The topological polar surface area (TPSA) is 27.7 Å². The van der Waals surface area contributed by atoms with Crippen LogP contribution in [0.1, 0.15) is 13.3 Å². The third kappa shape index (κ3) is 4.46. The molecule has 0 aromatic rings. The fraction of sp³-hybridized carbons (Fsp3) is 1.00. The van der Waals surface area contributed by atoms with Crippen LogP contribution in [0.4, 0.5) is 0 Å². The van der Waals surface area contributed by atoms with Gasteiger partial charge < -0.3 is 13.9 Å². The van der Waals surface area contributed by atoms with E-state index in [9.17, 15) is 0 Å². The summed E-state index contributed by atoms with van der Waals surface area (Å²) in [6, 6.07) is 0. The van der Waals surface area contributed by atoms with Crippen LogP contribution >= 0.6 is 12.6 Å². The molecule has 0 aromatic heterocycles. The fourth-order valence-electron chi connectivity index (χ4n) is 1.24. The Bertz CT molecular complexity index is 131. The standard InChI is InChI=1S/C8H20O3SSi/c1-7(5-12)4-8(9-2,10-3)6-11-13/h7,12H,4-6H2,1-3,13H3. The molecule has 13 heavy (non-hydrogen) atoms. The molecule has 0 fully saturated rings. The molecule has 3 nitrogen and oxygen atoms in total. The minimum Gasteiger partial charge on any atom is -0.422 e. The number of ether oxygens (including phenoxy) is 2. The summed E-state index contributed by atoms with van der Waals surface area (Å²) in [5.41, 5.74) is 0. The van der Waals surface area contributed by atoms with Crippen LogP contribution in [-0.4, -0.2) is 42.9 Å². The molecule has 0 saturated heterocycles. The minimum absolute atomic E-state index is 0.458. The quantitative estimate of drug-likeness (QED) is 0.381. The molecule has 0 aliphatic heterocycles. The molecule has 0 radical (unpaired) electrons. The van der Waals surface area contributed by atoms with E-state index in [2.05, 4.69) is 19.6 Å². The van der Waals surface area contributed by atoms with Crippen molar-refractivity contribution in [1.29, 1.82) is 0 Å². The van der Waals surface area contributed by atoms with Gasteiger partial charge in [0.2, 0.25) is 0 Å². The number of hydrogen-bond donors (Lipinski definition) is 1. The van der Waals surface area contributed by atoms with Crippen molar-refractivity contribution in [1.82, 2.24) is 0 Å². The summed E-state index contributed by atoms with van der Waals surface area (Å²) in [5, 5.41) is 0. The first-order valence-electron chi connectivity index (χ1n) is 4.34. The molecule has 0 heterocycles. The Kier molecular flexibility index (Phi) is 7.07. The Morgan fingerprint density at radius 3 is 2.23 bits per heavy atom. The highest BCUT2D eigenvalue weighted by atomic mass is 32.1. The molecule has 0 rings (SSSR count). The van der Waals surface area contributed by atoms with Crippen LogP contribution in [0.25, 0.3) is 0 Å². The predicted octanol–water partition coefficient (Wildman–Crippen LogP) is 0.228. The third-order valence-corrected chi connectivity index (χ3v) is 2.99. The predicted molar refractivity (Wildman–Crippen MR) is 60.3 cm³/mol. The van der Waals surface area contributed by atoms with Crippen molar-refractivity contribution in [2.45, 2.75) is 19.1 Å². The van der Waals surface area contributed by atoms with E-state index in [-0.39, 0.29) is 0 Å². The third-order valence-electron chi connectivity index (χ3n) is 2.08. The van der Waals surface area contributed by atoms with Crippen molar-refractivity contribution in [2.75, 3.05) is 26.6 Å². The van der Waals surface area contributed by atoms with Crippen LogP contribution in [-0.2, 0) is 13.9 Å². The molecular formula is C8H20O3SSi. The number of thiol groups is 1. The summed E-state index contributed by atoms with van der Waals surface area (Å²) in [5.74, 6) is 0.708. The van der Waals surface area contributed by atoms with Crippen LogP contribution < -0.4 is 0 Å². The Morgan fingerprint density at radius 2 is 1.92 bits per heavy atom. The first-order chi connectivity index (χ1) is 6.14. The summed E-state index contributed by atoms with van der Waals surface area (Å²) in [6.07, 6.45) is 0.811. The Balaban J connectivity index is 4.19. The lowest BCUT2D eigenvalue weighted by Crippen LogP contribution is -2.40. The Labute approximate surface area is 89.1 Å². The van der Waals surface area contributed by atoms with Gasteiger partial charge in [-0.05, 0) is 11.7 Å². The van der Waals surface area contributed by atoms with Gasteiger partial charge in [0, 0.05) is 20.6 Å². The zero-order chi connectivity index (χ0) is 10.3. The van der Waals surface area contributed by atoms with E-state index in [4.69, 9.17) is 13.9 Å². The second-order valence-corrected chi connectivity index (χ2v) is 4.19. The molecule has 0 aromatic carbocycles. The summed E-state index contributed by atoms with van der Waals surface area (Å²) in [6.45, 7) is 2.62.